The van der Waals surface area contributed by atoms with Crippen molar-refractivity contribution in [2.45, 2.75) is 19.4 Å². The SMILES string of the molecule is CO/N=C1/CC2CN(c3ccc(N4CC(CNC(C)=O)OC4=O)cc3F)CC12. The Bertz CT molecular complexity index is 830. The van der Waals surface area contributed by atoms with Gasteiger partial charge in [-0.25, -0.2) is 9.18 Å². The largest absolute Gasteiger partial charge is 0.442 e. The topological polar surface area (TPSA) is 83.5 Å². The molecule has 3 atom stereocenters. The number of ether oxygens (including phenoxy) is 1. The predicted octanol–water partition coefficient (Wildman–Crippen LogP) is 1.75. The number of rotatable bonds is 5. The Hall–Kier alpha value is -2.84. The fourth-order valence-corrected chi connectivity index (χ4v) is 4.15. The van der Waals surface area contributed by atoms with Gasteiger partial charge in [0.25, 0.3) is 0 Å². The minimum atomic E-state index is -0.540. The first-order chi connectivity index (χ1) is 13.5. The summed E-state index contributed by atoms with van der Waals surface area (Å²) in [5.74, 6) is 0.239. The number of carbonyl (C=O) groups excluding carboxylic acids is 2. The normalized spacial score (nSPS) is 27.5. The molecule has 1 saturated carbocycles. The fourth-order valence-electron chi connectivity index (χ4n) is 4.15. The molecule has 0 spiro atoms. The van der Waals surface area contributed by atoms with Gasteiger partial charge in [-0.3, -0.25) is 9.69 Å². The second-order valence-corrected chi connectivity index (χ2v) is 7.43. The number of halogens is 1. The number of anilines is 2. The molecule has 1 N–H and O–H groups in total. The number of carbonyl (C=O) groups is 2. The quantitative estimate of drug-likeness (QED) is 0.775. The Morgan fingerprint density at radius 2 is 2.21 bits per heavy atom. The Balaban J connectivity index is 1.43. The summed E-state index contributed by atoms with van der Waals surface area (Å²) in [7, 11) is 1.54. The van der Waals surface area contributed by atoms with Gasteiger partial charge in [0.2, 0.25) is 5.91 Å². The van der Waals surface area contributed by atoms with Gasteiger partial charge in [0.15, 0.2) is 0 Å². The summed E-state index contributed by atoms with van der Waals surface area (Å²) in [5, 5.41) is 6.66. The molecule has 4 rings (SSSR count). The second kappa shape index (κ2) is 7.29. The van der Waals surface area contributed by atoms with Crippen molar-refractivity contribution in [1.82, 2.24) is 5.32 Å². The molecule has 2 amide bonds. The minimum absolute atomic E-state index is 0.192. The van der Waals surface area contributed by atoms with E-state index in [9.17, 15) is 14.0 Å². The number of hydrogen-bond acceptors (Lipinski definition) is 6. The van der Waals surface area contributed by atoms with Gasteiger partial charge in [-0.05, 0) is 30.5 Å². The average Bonchev–Trinajstić information content (AvgIpc) is 3.18. The van der Waals surface area contributed by atoms with E-state index in [1.54, 1.807) is 12.1 Å². The monoisotopic (exact) mass is 390 g/mol. The van der Waals surface area contributed by atoms with E-state index < -0.39 is 12.2 Å². The van der Waals surface area contributed by atoms with Crippen LogP contribution in [-0.4, -0.2) is 57.1 Å². The van der Waals surface area contributed by atoms with Crippen LogP contribution in [0, 0.1) is 17.7 Å². The van der Waals surface area contributed by atoms with Crippen LogP contribution in [0.5, 0.6) is 0 Å². The number of fused-ring (bicyclic) bond motifs is 1. The maximum absolute atomic E-state index is 14.8. The van der Waals surface area contributed by atoms with E-state index in [-0.39, 0.29) is 24.8 Å². The van der Waals surface area contributed by atoms with Crippen LogP contribution in [0.4, 0.5) is 20.6 Å². The molecular formula is C19H23FN4O4. The van der Waals surface area contributed by atoms with E-state index in [0.717, 1.165) is 18.7 Å². The lowest BCUT2D eigenvalue weighted by Gasteiger charge is -2.29. The van der Waals surface area contributed by atoms with Crippen LogP contribution in [-0.2, 0) is 14.4 Å². The van der Waals surface area contributed by atoms with E-state index >= 15 is 0 Å². The molecule has 2 aliphatic heterocycles. The number of benzene rings is 1. The second-order valence-electron chi connectivity index (χ2n) is 7.43. The highest BCUT2D eigenvalue weighted by Gasteiger charge is 2.45. The van der Waals surface area contributed by atoms with Crippen molar-refractivity contribution < 1.29 is 23.6 Å². The molecule has 1 aromatic rings. The average molecular weight is 390 g/mol. The first-order valence-electron chi connectivity index (χ1n) is 9.33. The minimum Gasteiger partial charge on any atom is -0.442 e. The highest BCUT2D eigenvalue weighted by Crippen LogP contribution is 2.41. The molecule has 3 aliphatic rings. The van der Waals surface area contributed by atoms with Gasteiger partial charge >= 0.3 is 6.09 Å². The molecule has 3 unspecified atom stereocenters. The third-order valence-corrected chi connectivity index (χ3v) is 5.59. The first kappa shape index (κ1) is 18.5. The summed E-state index contributed by atoms with van der Waals surface area (Å²) >= 11 is 0. The maximum Gasteiger partial charge on any atom is 0.414 e. The van der Waals surface area contributed by atoms with Crippen molar-refractivity contribution in [2.75, 3.05) is 43.1 Å². The van der Waals surface area contributed by atoms with E-state index in [1.165, 1.54) is 25.0 Å². The van der Waals surface area contributed by atoms with Crippen molar-refractivity contribution >= 4 is 29.1 Å². The highest BCUT2D eigenvalue weighted by atomic mass is 19.1. The summed E-state index contributed by atoms with van der Waals surface area (Å²) in [4.78, 5) is 31.4. The molecule has 0 aromatic heterocycles. The number of hydrogen-bond donors (Lipinski definition) is 1. The maximum atomic E-state index is 14.8. The van der Waals surface area contributed by atoms with E-state index in [0.29, 0.717) is 29.8 Å². The summed E-state index contributed by atoms with van der Waals surface area (Å²) in [6.45, 7) is 3.40. The standard InChI is InChI=1S/C19H23FN4O4/c1-11(25)21-7-14-9-24(19(26)28-14)13-3-4-18(16(20)6-13)23-8-12-5-17(22-27-2)15(12)10-23/h3-4,6,12,14-15H,5,7-10H2,1-2H3,(H,21,25)/b22-17-. The fraction of sp³-hybridized carbons (Fsp3) is 0.526. The zero-order chi connectivity index (χ0) is 19.8. The van der Waals surface area contributed by atoms with Gasteiger partial charge in [0.05, 0.1) is 30.2 Å². The molecule has 2 saturated heterocycles. The summed E-state index contributed by atoms with van der Waals surface area (Å²) in [5.41, 5.74) is 2.01. The van der Waals surface area contributed by atoms with Gasteiger partial charge in [0.1, 0.15) is 19.0 Å². The Kier molecular flexibility index (Phi) is 4.82. The van der Waals surface area contributed by atoms with Crippen LogP contribution < -0.4 is 15.1 Å². The summed E-state index contributed by atoms with van der Waals surface area (Å²) in [6, 6.07) is 4.80. The van der Waals surface area contributed by atoms with Gasteiger partial charge in [0, 0.05) is 25.9 Å². The molecule has 1 aromatic carbocycles. The van der Waals surface area contributed by atoms with Crippen molar-refractivity contribution in [1.29, 1.82) is 0 Å². The highest BCUT2D eigenvalue weighted by molar-refractivity contribution is 5.94. The van der Waals surface area contributed by atoms with Crippen molar-refractivity contribution in [3.05, 3.63) is 24.0 Å². The lowest BCUT2D eigenvalue weighted by molar-refractivity contribution is -0.119. The molecule has 0 bridgehead atoms. The molecular weight excluding hydrogens is 367 g/mol. The van der Waals surface area contributed by atoms with Crippen LogP contribution in [0.15, 0.2) is 23.4 Å². The first-order valence-corrected chi connectivity index (χ1v) is 9.33. The molecule has 0 radical (unpaired) electrons. The molecule has 1 aliphatic carbocycles. The zero-order valence-corrected chi connectivity index (χ0v) is 15.9. The van der Waals surface area contributed by atoms with Gasteiger partial charge in [-0.2, -0.15) is 0 Å². The van der Waals surface area contributed by atoms with Crippen LogP contribution in [0.25, 0.3) is 0 Å². The predicted molar refractivity (Wildman–Crippen MR) is 101 cm³/mol. The Morgan fingerprint density at radius 1 is 1.39 bits per heavy atom. The lowest BCUT2D eigenvalue weighted by Crippen LogP contribution is -2.36. The van der Waals surface area contributed by atoms with E-state index in [1.807, 2.05) is 4.90 Å². The van der Waals surface area contributed by atoms with Crippen LogP contribution in [0.1, 0.15) is 13.3 Å². The zero-order valence-electron chi connectivity index (χ0n) is 15.9. The number of nitrogens with one attached hydrogen (secondary N) is 1. The number of oxime groups is 1. The Morgan fingerprint density at radius 3 is 2.93 bits per heavy atom. The van der Waals surface area contributed by atoms with E-state index in [4.69, 9.17) is 9.57 Å². The lowest BCUT2D eigenvalue weighted by atomic mass is 9.74. The number of cyclic esters (lactones) is 1. The number of nitrogens with zero attached hydrogens (tertiary/aromatic N) is 3. The molecule has 28 heavy (non-hydrogen) atoms. The molecule has 150 valence electrons. The molecule has 8 nitrogen and oxygen atoms in total. The smallest absolute Gasteiger partial charge is 0.414 e. The molecule has 3 fully saturated rings. The Labute approximate surface area is 162 Å². The summed E-state index contributed by atoms with van der Waals surface area (Å²) < 4.78 is 20.1. The molecule has 9 heteroatoms. The molecule has 2 heterocycles. The third kappa shape index (κ3) is 3.36. The van der Waals surface area contributed by atoms with Crippen LogP contribution >= 0.6 is 0 Å². The van der Waals surface area contributed by atoms with Crippen molar-refractivity contribution in [2.24, 2.45) is 17.0 Å². The van der Waals surface area contributed by atoms with E-state index in [2.05, 4.69) is 10.5 Å². The van der Waals surface area contributed by atoms with Gasteiger partial charge in [-0.15, -0.1) is 0 Å². The van der Waals surface area contributed by atoms with Crippen molar-refractivity contribution in [3.8, 4) is 0 Å². The number of amides is 2. The third-order valence-electron chi connectivity index (χ3n) is 5.59. The van der Waals surface area contributed by atoms with Crippen molar-refractivity contribution in [3.63, 3.8) is 0 Å². The summed E-state index contributed by atoms with van der Waals surface area (Å²) in [6.07, 6.45) is -0.0988. The van der Waals surface area contributed by atoms with Crippen LogP contribution in [0.3, 0.4) is 0 Å². The van der Waals surface area contributed by atoms with Crippen LogP contribution in [0.2, 0.25) is 0 Å². The van der Waals surface area contributed by atoms with Gasteiger partial charge in [-0.1, -0.05) is 5.16 Å². The van der Waals surface area contributed by atoms with Gasteiger partial charge < -0.3 is 19.8 Å².